The quantitative estimate of drug-likeness (QED) is 0.451. The Morgan fingerprint density at radius 2 is 1.74 bits per heavy atom. The summed E-state index contributed by atoms with van der Waals surface area (Å²) in [6, 6.07) is 11.9. The normalized spacial score (nSPS) is 28.2. The van der Waals surface area contributed by atoms with Gasteiger partial charge in [0.2, 0.25) is 0 Å². The van der Waals surface area contributed by atoms with Gasteiger partial charge < -0.3 is 0 Å². The standard InChI is InChI=1S/C26H35F/c1-2-3-4-5-7-19-10-11-22-17-23(15-14-21(22)16-19)24-13-12-20-8-6-9-26(27)25(20)18-24/h6,8-9,12-13,18-19,21-23H,2-5,7,10-11,14-17H2,1H3. The molecule has 0 spiro atoms. The van der Waals surface area contributed by atoms with Gasteiger partial charge in [0.25, 0.3) is 0 Å². The van der Waals surface area contributed by atoms with Crippen LogP contribution in [0.5, 0.6) is 0 Å². The van der Waals surface area contributed by atoms with Crippen LogP contribution in [0.1, 0.15) is 89.0 Å². The Bertz CT molecular complexity index is 749. The first-order valence-corrected chi connectivity index (χ1v) is 11.4. The number of fused-ring (bicyclic) bond motifs is 2. The van der Waals surface area contributed by atoms with Crippen molar-refractivity contribution in [2.24, 2.45) is 17.8 Å². The first-order chi connectivity index (χ1) is 13.2. The van der Waals surface area contributed by atoms with Crippen molar-refractivity contribution in [3.63, 3.8) is 0 Å². The summed E-state index contributed by atoms with van der Waals surface area (Å²) < 4.78 is 14.2. The number of halogens is 1. The lowest BCUT2D eigenvalue weighted by Crippen LogP contribution is -2.30. The van der Waals surface area contributed by atoms with Crippen molar-refractivity contribution in [3.05, 3.63) is 47.8 Å². The molecule has 2 aromatic carbocycles. The summed E-state index contributed by atoms with van der Waals surface area (Å²) >= 11 is 0. The Labute approximate surface area is 164 Å². The second-order valence-corrected chi connectivity index (χ2v) is 9.28. The zero-order chi connectivity index (χ0) is 18.6. The van der Waals surface area contributed by atoms with Crippen molar-refractivity contribution < 1.29 is 4.39 Å². The van der Waals surface area contributed by atoms with E-state index in [0.29, 0.717) is 5.92 Å². The number of rotatable bonds is 6. The van der Waals surface area contributed by atoms with E-state index in [1.807, 2.05) is 12.1 Å². The first-order valence-electron chi connectivity index (χ1n) is 11.4. The van der Waals surface area contributed by atoms with Gasteiger partial charge in [0, 0.05) is 5.39 Å². The molecule has 2 aliphatic carbocycles. The summed E-state index contributed by atoms with van der Waals surface area (Å²) in [5, 5.41) is 1.82. The van der Waals surface area contributed by atoms with E-state index in [1.54, 1.807) is 6.07 Å². The molecule has 2 aliphatic rings. The highest BCUT2D eigenvalue weighted by molar-refractivity contribution is 5.83. The fraction of sp³-hybridized carbons (Fsp3) is 0.615. The van der Waals surface area contributed by atoms with Crippen LogP contribution in [0.3, 0.4) is 0 Å². The van der Waals surface area contributed by atoms with Crippen LogP contribution in [-0.2, 0) is 0 Å². The highest BCUT2D eigenvalue weighted by atomic mass is 19.1. The minimum atomic E-state index is -0.0772. The minimum Gasteiger partial charge on any atom is -0.206 e. The average Bonchev–Trinajstić information content (AvgIpc) is 2.71. The molecule has 2 aromatic rings. The topological polar surface area (TPSA) is 0 Å². The molecule has 0 radical (unpaired) electrons. The van der Waals surface area contributed by atoms with Crippen LogP contribution in [0.2, 0.25) is 0 Å². The molecule has 0 amide bonds. The third kappa shape index (κ3) is 4.39. The largest absolute Gasteiger partial charge is 0.206 e. The van der Waals surface area contributed by atoms with Crippen molar-refractivity contribution in [3.8, 4) is 0 Å². The number of unbranched alkanes of at least 4 members (excludes halogenated alkanes) is 3. The lowest BCUT2D eigenvalue weighted by Gasteiger charge is -2.42. The van der Waals surface area contributed by atoms with Gasteiger partial charge in [-0.05, 0) is 78.9 Å². The minimum absolute atomic E-state index is 0.0772. The summed E-state index contributed by atoms with van der Waals surface area (Å²) in [5.41, 5.74) is 1.37. The van der Waals surface area contributed by atoms with E-state index < -0.39 is 0 Å². The maximum atomic E-state index is 14.2. The molecule has 2 fully saturated rings. The molecule has 0 nitrogen and oxygen atoms in total. The second kappa shape index (κ2) is 8.76. The Balaban J connectivity index is 1.36. The van der Waals surface area contributed by atoms with Crippen LogP contribution in [0.15, 0.2) is 36.4 Å². The van der Waals surface area contributed by atoms with E-state index >= 15 is 0 Å². The number of benzene rings is 2. The summed E-state index contributed by atoms with van der Waals surface area (Å²) in [7, 11) is 0. The van der Waals surface area contributed by atoms with Crippen molar-refractivity contribution in [2.45, 2.75) is 83.5 Å². The molecule has 1 heteroatoms. The summed E-state index contributed by atoms with van der Waals surface area (Å²) in [6.45, 7) is 2.30. The SMILES string of the molecule is CCCCCCC1CCC2CC(c3ccc4cccc(F)c4c3)CCC2C1. The van der Waals surface area contributed by atoms with Gasteiger partial charge in [0.1, 0.15) is 5.82 Å². The van der Waals surface area contributed by atoms with Gasteiger partial charge in [-0.25, -0.2) is 4.39 Å². The van der Waals surface area contributed by atoms with E-state index in [4.69, 9.17) is 0 Å². The van der Waals surface area contributed by atoms with Crippen LogP contribution in [0.4, 0.5) is 4.39 Å². The first kappa shape index (κ1) is 19.0. The van der Waals surface area contributed by atoms with Crippen LogP contribution < -0.4 is 0 Å². The van der Waals surface area contributed by atoms with Gasteiger partial charge in [-0.3, -0.25) is 0 Å². The van der Waals surface area contributed by atoms with Gasteiger partial charge >= 0.3 is 0 Å². The molecular weight excluding hydrogens is 331 g/mol. The third-order valence-corrected chi connectivity index (χ3v) is 7.51. The zero-order valence-corrected chi connectivity index (χ0v) is 16.9. The van der Waals surface area contributed by atoms with E-state index in [-0.39, 0.29) is 5.82 Å². The predicted octanol–water partition coefficient (Wildman–Crippen LogP) is 8.25. The molecular formula is C26H35F. The molecule has 27 heavy (non-hydrogen) atoms. The van der Waals surface area contributed by atoms with Gasteiger partial charge in [-0.1, -0.05) is 69.7 Å². The van der Waals surface area contributed by atoms with Gasteiger partial charge in [0.05, 0.1) is 0 Å². The van der Waals surface area contributed by atoms with Crippen molar-refractivity contribution in [1.82, 2.24) is 0 Å². The summed E-state index contributed by atoms with van der Waals surface area (Å²) in [5.74, 6) is 3.42. The van der Waals surface area contributed by atoms with Crippen molar-refractivity contribution in [1.29, 1.82) is 0 Å². The maximum absolute atomic E-state index is 14.2. The van der Waals surface area contributed by atoms with Gasteiger partial charge in [0.15, 0.2) is 0 Å². The Morgan fingerprint density at radius 1 is 0.889 bits per heavy atom. The van der Waals surface area contributed by atoms with Crippen molar-refractivity contribution in [2.75, 3.05) is 0 Å². The number of hydrogen-bond acceptors (Lipinski definition) is 0. The fourth-order valence-corrected chi connectivity index (χ4v) is 5.92. The molecule has 0 N–H and O–H groups in total. The lowest BCUT2D eigenvalue weighted by atomic mass is 9.63. The Hall–Kier alpha value is -1.37. The summed E-state index contributed by atoms with van der Waals surface area (Å²) in [6.07, 6.45) is 15.5. The summed E-state index contributed by atoms with van der Waals surface area (Å²) in [4.78, 5) is 0. The van der Waals surface area contributed by atoms with Crippen LogP contribution in [0, 0.1) is 23.6 Å². The van der Waals surface area contributed by atoms with Crippen LogP contribution >= 0.6 is 0 Å². The number of hydrogen-bond donors (Lipinski definition) is 0. The fourth-order valence-electron chi connectivity index (χ4n) is 5.92. The van der Waals surface area contributed by atoms with E-state index in [9.17, 15) is 4.39 Å². The van der Waals surface area contributed by atoms with Crippen LogP contribution in [0.25, 0.3) is 10.8 Å². The van der Waals surface area contributed by atoms with Gasteiger partial charge in [-0.15, -0.1) is 0 Å². The highest BCUT2D eigenvalue weighted by Crippen LogP contribution is 2.48. The molecule has 0 bridgehead atoms. The third-order valence-electron chi connectivity index (χ3n) is 7.51. The molecule has 4 rings (SSSR count). The molecule has 4 atom stereocenters. The molecule has 146 valence electrons. The zero-order valence-electron chi connectivity index (χ0n) is 16.9. The molecule has 0 aliphatic heterocycles. The molecule has 0 saturated heterocycles. The van der Waals surface area contributed by atoms with Gasteiger partial charge in [-0.2, -0.15) is 0 Å². The maximum Gasteiger partial charge on any atom is 0.131 e. The van der Waals surface area contributed by atoms with Crippen LogP contribution in [-0.4, -0.2) is 0 Å². The molecule has 0 aromatic heterocycles. The Kier molecular flexibility index (Phi) is 6.15. The predicted molar refractivity (Wildman–Crippen MR) is 114 cm³/mol. The Morgan fingerprint density at radius 3 is 2.63 bits per heavy atom. The van der Waals surface area contributed by atoms with E-state index in [2.05, 4.69) is 25.1 Å². The average molecular weight is 367 g/mol. The molecule has 2 saturated carbocycles. The van der Waals surface area contributed by atoms with E-state index in [1.165, 1.54) is 76.2 Å². The molecule has 0 heterocycles. The second-order valence-electron chi connectivity index (χ2n) is 9.28. The highest BCUT2D eigenvalue weighted by Gasteiger charge is 2.35. The van der Waals surface area contributed by atoms with E-state index in [0.717, 1.165) is 28.5 Å². The molecule has 4 unspecified atom stereocenters. The smallest absolute Gasteiger partial charge is 0.131 e. The lowest BCUT2D eigenvalue weighted by molar-refractivity contribution is 0.113. The monoisotopic (exact) mass is 366 g/mol. The van der Waals surface area contributed by atoms with Crippen molar-refractivity contribution >= 4 is 10.8 Å².